The molecule has 0 saturated carbocycles. The Kier molecular flexibility index (Phi) is 3.36. The molecule has 3 heteroatoms. The first-order valence-electron chi connectivity index (χ1n) is 5.03. The first-order chi connectivity index (χ1) is 8.16. The van der Waals surface area contributed by atoms with Gasteiger partial charge < -0.3 is 0 Å². The Balaban J connectivity index is 2.30. The summed E-state index contributed by atoms with van der Waals surface area (Å²) in [4.78, 5) is 11.9. The summed E-state index contributed by atoms with van der Waals surface area (Å²) >= 11 is 1.38. The highest BCUT2D eigenvalue weighted by Gasteiger charge is 2.05. The van der Waals surface area contributed by atoms with Gasteiger partial charge in [0, 0.05) is 11.1 Å². The number of halogens is 1. The van der Waals surface area contributed by atoms with Crippen molar-refractivity contribution >= 4 is 17.1 Å². The van der Waals surface area contributed by atoms with Gasteiger partial charge in [-0.1, -0.05) is 11.8 Å². The van der Waals surface area contributed by atoms with Crippen LogP contribution in [0.2, 0.25) is 0 Å². The Hall–Kier alpha value is -1.92. The van der Waals surface area contributed by atoms with Crippen molar-refractivity contribution in [1.29, 1.82) is 0 Å². The molecule has 2 rings (SSSR count). The Labute approximate surface area is 103 Å². The van der Waals surface area contributed by atoms with Crippen LogP contribution >= 0.6 is 11.3 Å². The zero-order valence-electron chi connectivity index (χ0n) is 9.16. The fourth-order valence-electron chi connectivity index (χ4n) is 1.35. The summed E-state index contributed by atoms with van der Waals surface area (Å²) in [5.41, 5.74) is 1.46. The van der Waals surface area contributed by atoms with E-state index in [1.165, 1.54) is 30.4 Å². The summed E-state index contributed by atoms with van der Waals surface area (Å²) in [5.74, 6) is 5.57. The minimum atomic E-state index is -0.282. The number of benzene rings is 1. The zero-order chi connectivity index (χ0) is 12.3. The summed E-state index contributed by atoms with van der Waals surface area (Å²) in [5, 5.41) is 1.84. The molecule has 0 radical (unpaired) electrons. The Bertz CT molecular complexity index is 599. The van der Waals surface area contributed by atoms with E-state index in [2.05, 4.69) is 11.8 Å². The first kappa shape index (κ1) is 11.6. The van der Waals surface area contributed by atoms with Crippen molar-refractivity contribution in [1.82, 2.24) is 0 Å². The summed E-state index contributed by atoms with van der Waals surface area (Å²) in [6.45, 7) is 1.52. The highest BCUT2D eigenvalue weighted by molar-refractivity contribution is 7.12. The molecular weight excluding hydrogens is 235 g/mol. The normalized spacial score (nSPS) is 9.53. The quantitative estimate of drug-likeness (QED) is 0.554. The standard InChI is InChI=1S/C14H9FOS/c1-10(16)14-12(8-9-17-14)5-2-11-3-6-13(15)7-4-11/h3-4,6-9H,1H3. The topological polar surface area (TPSA) is 17.1 Å². The highest BCUT2D eigenvalue weighted by Crippen LogP contribution is 2.16. The van der Waals surface area contributed by atoms with Gasteiger partial charge in [-0.05, 0) is 42.6 Å². The number of thiophene rings is 1. The molecule has 2 aromatic rings. The number of hydrogen-bond acceptors (Lipinski definition) is 2. The molecule has 0 N–H and O–H groups in total. The summed E-state index contributed by atoms with van der Waals surface area (Å²) in [6, 6.07) is 7.77. The van der Waals surface area contributed by atoms with Crippen molar-refractivity contribution in [2.24, 2.45) is 0 Å². The van der Waals surface area contributed by atoms with Crippen LogP contribution in [0.25, 0.3) is 0 Å². The van der Waals surface area contributed by atoms with Crippen LogP contribution in [-0.2, 0) is 0 Å². The van der Waals surface area contributed by atoms with Crippen molar-refractivity contribution in [2.75, 3.05) is 0 Å². The van der Waals surface area contributed by atoms with E-state index in [1.54, 1.807) is 12.1 Å². The molecule has 0 spiro atoms. The molecule has 0 atom stereocenters. The van der Waals surface area contributed by atoms with Gasteiger partial charge in [0.2, 0.25) is 0 Å². The third-order valence-electron chi connectivity index (χ3n) is 2.17. The SMILES string of the molecule is CC(=O)c1sccc1C#Cc1ccc(F)cc1. The van der Waals surface area contributed by atoms with Gasteiger partial charge in [0.25, 0.3) is 0 Å². The van der Waals surface area contributed by atoms with Gasteiger partial charge in [-0.25, -0.2) is 4.39 Å². The second-order valence-corrected chi connectivity index (χ2v) is 4.39. The van der Waals surface area contributed by atoms with Gasteiger partial charge in [-0.2, -0.15) is 0 Å². The van der Waals surface area contributed by atoms with Crippen LogP contribution in [0.15, 0.2) is 35.7 Å². The van der Waals surface area contributed by atoms with Crippen molar-refractivity contribution in [3.8, 4) is 11.8 Å². The summed E-state index contributed by atoms with van der Waals surface area (Å²) < 4.78 is 12.7. The average Bonchev–Trinajstić information content (AvgIpc) is 2.76. The number of Topliss-reactive ketones (excluding diaryl/α,β-unsaturated/α-hetero) is 1. The van der Waals surface area contributed by atoms with Gasteiger partial charge in [-0.15, -0.1) is 11.3 Å². The van der Waals surface area contributed by atoms with Crippen LogP contribution in [0.4, 0.5) is 4.39 Å². The third-order valence-corrected chi connectivity index (χ3v) is 3.19. The van der Waals surface area contributed by atoms with Gasteiger partial charge in [-0.3, -0.25) is 4.79 Å². The largest absolute Gasteiger partial charge is 0.294 e. The molecule has 0 saturated heterocycles. The number of ketones is 1. The Morgan fingerprint density at radius 3 is 2.53 bits per heavy atom. The maximum Gasteiger partial charge on any atom is 0.170 e. The molecule has 0 aliphatic carbocycles. The molecule has 1 aromatic carbocycles. The molecule has 0 bridgehead atoms. The molecule has 1 heterocycles. The van der Waals surface area contributed by atoms with E-state index in [9.17, 15) is 9.18 Å². The highest BCUT2D eigenvalue weighted by atomic mass is 32.1. The fraction of sp³-hybridized carbons (Fsp3) is 0.0714. The van der Waals surface area contributed by atoms with Gasteiger partial charge in [0.05, 0.1) is 4.88 Å². The zero-order valence-corrected chi connectivity index (χ0v) is 9.98. The molecule has 0 aliphatic rings. The second-order valence-electron chi connectivity index (χ2n) is 3.48. The summed E-state index contributed by atoms with van der Waals surface area (Å²) in [7, 11) is 0. The van der Waals surface area contributed by atoms with E-state index in [4.69, 9.17) is 0 Å². The van der Waals surface area contributed by atoms with Crippen molar-refractivity contribution in [2.45, 2.75) is 6.92 Å². The molecule has 0 unspecified atom stereocenters. The molecular formula is C14H9FOS. The molecule has 0 amide bonds. The lowest BCUT2D eigenvalue weighted by atomic mass is 10.2. The van der Waals surface area contributed by atoms with E-state index in [-0.39, 0.29) is 11.6 Å². The van der Waals surface area contributed by atoms with Crippen LogP contribution in [0.5, 0.6) is 0 Å². The van der Waals surface area contributed by atoms with Gasteiger partial charge >= 0.3 is 0 Å². The second kappa shape index (κ2) is 4.94. The molecule has 0 fully saturated rings. The predicted octanol–water partition coefficient (Wildman–Crippen LogP) is 3.49. The summed E-state index contributed by atoms with van der Waals surface area (Å²) in [6.07, 6.45) is 0. The lowest BCUT2D eigenvalue weighted by Crippen LogP contribution is -1.89. The Morgan fingerprint density at radius 1 is 1.18 bits per heavy atom. The van der Waals surface area contributed by atoms with Crippen molar-refractivity contribution < 1.29 is 9.18 Å². The molecule has 84 valence electrons. The van der Waals surface area contributed by atoms with E-state index < -0.39 is 0 Å². The molecule has 17 heavy (non-hydrogen) atoms. The lowest BCUT2D eigenvalue weighted by Gasteiger charge is -1.91. The minimum absolute atomic E-state index is 0.0170. The number of carbonyl (C=O) groups excluding carboxylic acids is 1. The van der Waals surface area contributed by atoms with Crippen LogP contribution < -0.4 is 0 Å². The minimum Gasteiger partial charge on any atom is -0.294 e. The van der Waals surface area contributed by atoms with Crippen molar-refractivity contribution in [3.63, 3.8) is 0 Å². The molecule has 1 nitrogen and oxygen atoms in total. The first-order valence-corrected chi connectivity index (χ1v) is 5.91. The van der Waals surface area contributed by atoms with E-state index in [1.807, 2.05) is 11.4 Å². The number of hydrogen-bond donors (Lipinski definition) is 0. The van der Waals surface area contributed by atoms with E-state index in [0.717, 1.165) is 11.1 Å². The van der Waals surface area contributed by atoms with E-state index >= 15 is 0 Å². The van der Waals surface area contributed by atoms with Crippen LogP contribution in [-0.4, -0.2) is 5.78 Å². The smallest absolute Gasteiger partial charge is 0.170 e. The fourth-order valence-corrected chi connectivity index (χ4v) is 2.11. The van der Waals surface area contributed by atoms with Crippen molar-refractivity contribution in [3.05, 3.63) is 57.5 Å². The Morgan fingerprint density at radius 2 is 1.88 bits per heavy atom. The lowest BCUT2D eigenvalue weighted by molar-refractivity contribution is 0.102. The maximum atomic E-state index is 12.7. The van der Waals surface area contributed by atoms with Crippen LogP contribution in [0.1, 0.15) is 27.7 Å². The number of rotatable bonds is 1. The van der Waals surface area contributed by atoms with Gasteiger partial charge in [0.1, 0.15) is 5.82 Å². The third kappa shape index (κ3) is 2.80. The van der Waals surface area contributed by atoms with Crippen LogP contribution in [0, 0.1) is 17.7 Å². The average molecular weight is 244 g/mol. The van der Waals surface area contributed by atoms with E-state index in [0.29, 0.717) is 4.88 Å². The van der Waals surface area contributed by atoms with Gasteiger partial charge in [0.15, 0.2) is 5.78 Å². The monoisotopic (exact) mass is 244 g/mol. The molecule has 1 aromatic heterocycles. The predicted molar refractivity (Wildman–Crippen MR) is 66.7 cm³/mol. The number of carbonyl (C=O) groups is 1. The molecule has 0 aliphatic heterocycles. The van der Waals surface area contributed by atoms with Crippen LogP contribution in [0.3, 0.4) is 0 Å². The maximum absolute atomic E-state index is 12.7.